The molecule has 2 heterocycles. The van der Waals surface area contributed by atoms with Crippen LogP contribution in [-0.2, 0) is 11.0 Å². The largest absolute Gasteiger partial charge is 1.00 e. The second-order valence-electron chi connectivity index (χ2n) is 8.85. The Kier molecular flexibility index (Phi) is 12.2. The van der Waals surface area contributed by atoms with Crippen LogP contribution in [0.3, 0.4) is 0 Å². The summed E-state index contributed by atoms with van der Waals surface area (Å²) in [7, 11) is 0. The van der Waals surface area contributed by atoms with E-state index in [1.165, 1.54) is 35.6 Å². The van der Waals surface area contributed by atoms with E-state index >= 15 is 0 Å². The molecule has 2 N–H and O–H groups in total. The molecule has 184 valence electrons. The third-order valence-electron chi connectivity index (χ3n) is 5.18. The summed E-state index contributed by atoms with van der Waals surface area (Å²) in [5.74, 6) is -0.489. The topological polar surface area (TPSA) is 56.2 Å². The zero-order valence-corrected chi connectivity index (χ0v) is 22.1. The van der Waals surface area contributed by atoms with Crippen LogP contribution in [0.15, 0.2) is 59.3 Å². The zero-order valence-electron chi connectivity index (χ0n) is 21.5. The van der Waals surface area contributed by atoms with E-state index < -0.39 is 5.54 Å². The van der Waals surface area contributed by atoms with E-state index in [9.17, 15) is 8.78 Å². The Hall–Kier alpha value is -1.86. The number of benzene rings is 2. The van der Waals surface area contributed by atoms with E-state index in [1.54, 1.807) is 35.6 Å². The third kappa shape index (κ3) is 8.07. The van der Waals surface area contributed by atoms with Crippen molar-refractivity contribution in [2.45, 2.75) is 38.6 Å². The molecule has 10 heteroatoms. The summed E-state index contributed by atoms with van der Waals surface area (Å²) >= 11 is 3.06. The van der Waals surface area contributed by atoms with Crippen LogP contribution < -0.4 is 24.6 Å². The Balaban J connectivity index is 0.000000648. The van der Waals surface area contributed by atoms with Crippen molar-refractivity contribution in [3.05, 3.63) is 92.4 Å². The minimum absolute atomic E-state index is 0. The Morgan fingerprint density at radius 3 is 1.61 bits per heavy atom. The van der Waals surface area contributed by atoms with Crippen molar-refractivity contribution < 1.29 is 29.1 Å². The average molecular weight is 535 g/mol. The van der Waals surface area contributed by atoms with Crippen LogP contribution in [0.4, 0.5) is 8.78 Å². The maximum Gasteiger partial charge on any atom is 1.00 e. The van der Waals surface area contributed by atoms with E-state index in [1.807, 2.05) is 24.6 Å². The molecule has 4 nitrogen and oxygen atoms in total. The van der Waals surface area contributed by atoms with Crippen molar-refractivity contribution in [1.82, 2.24) is 9.97 Å². The molecule has 0 saturated heterocycles. The van der Waals surface area contributed by atoms with Crippen LogP contribution in [0.2, 0.25) is 0 Å². The van der Waals surface area contributed by atoms with Gasteiger partial charge in [0, 0.05) is 47.7 Å². The second-order valence-corrected chi connectivity index (χ2v) is 10.6. The molecule has 0 radical (unpaired) electrons. The van der Waals surface area contributed by atoms with Crippen molar-refractivity contribution in [1.29, 1.82) is 0 Å². The fourth-order valence-electron chi connectivity index (χ4n) is 2.78. The first-order valence-corrected chi connectivity index (χ1v) is 12.3. The van der Waals surface area contributed by atoms with Gasteiger partial charge in [-0.3, -0.25) is 0 Å². The molecular weight excluding hydrogens is 504 g/mol. The van der Waals surface area contributed by atoms with Gasteiger partial charge >= 0.3 is 18.9 Å². The molecule has 2 aromatic heterocycles. The molecule has 2 aromatic carbocycles. The second kappa shape index (κ2) is 13.6. The van der Waals surface area contributed by atoms with Gasteiger partial charge < -0.3 is 12.0 Å². The molecule has 36 heavy (non-hydrogen) atoms. The van der Waals surface area contributed by atoms with Crippen molar-refractivity contribution >= 4 is 40.0 Å². The quantitative estimate of drug-likeness (QED) is 0.316. The molecule has 0 saturated carbocycles. The molecule has 0 fully saturated rings. The average Bonchev–Trinajstić information content (AvgIpc) is 3.52. The summed E-state index contributed by atoms with van der Waals surface area (Å²) in [4.78, 5) is 12.6. The van der Waals surface area contributed by atoms with Crippen molar-refractivity contribution in [3.63, 3.8) is 0 Å². The third-order valence-corrected chi connectivity index (χ3v) is 7.54. The Morgan fingerprint density at radius 2 is 1.22 bits per heavy atom. The van der Waals surface area contributed by atoms with E-state index in [-0.39, 0.29) is 54.7 Å². The molecule has 0 atom stereocenters. The minimum Gasteiger partial charge on any atom is -1.00 e. The first-order valence-electron chi connectivity index (χ1n) is 10.6. The molecule has 0 spiro atoms. The van der Waals surface area contributed by atoms with Gasteiger partial charge in [0.05, 0.1) is 11.4 Å². The van der Waals surface area contributed by atoms with Crippen LogP contribution in [0.5, 0.6) is 0 Å². The number of aromatic nitrogens is 2. The number of nitrogens with two attached hydrogens (primary N) is 1. The van der Waals surface area contributed by atoms with Gasteiger partial charge in [-0.15, -0.1) is 22.7 Å². The van der Waals surface area contributed by atoms with Gasteiger partial charge in [-0.1, -0.05) is 13.8 Å². The van der Waals surface area contributed by atoms with E-state index in [4.69, 9.17) is 12.3 Å². The first-order chi connectivity index (χ1) is 16.1. The summed E-state index contributed by atoms with van der Waals surface area (Å²) in [6, 6.07) is 12.6. The van der Waals surface area contributed by atoms with E-state index in [0.717, 1.165) is 32.5 Å². The number of hydrogen-bond donors (Lipinski definition) is 1. The molecule has 0 unspecified atom stereocenters. The minimum atomic E-state index is -0.594. The summed E-state index contributed by atoms with van der Waals surface area (Å²) in [6.45, 7) is 15.5. The van der Waals surface area contributed by atoms with Crippen LogP contribution in [0.25, 0.3) is 27.4 Å². The van der Waals surface area contributed by atoms with Gasteiger partial charge in [-0.05, 0) is 48.5 Å². The van der Waals surface area contributed by atoms with Crippen molar-refractivity contribution in [2.24, 2.45) is 5.73 Å². The summed E-state index contributed by atoms with van der Waals surface area (Å²) in [5.41, 5.74) is 8.50. The summed E-state index contributed by atoms with van der Waals surface area (Å²) in [5, 5.41) is 5.68. The van der Waals surface area contributed by atoms with Gasteiger partial charge in [0.2, 0.25) is 0 Å². The Labute approximate surface area is 243 Å². The predicted octanol–water partition coefficient (Wildman–Crippen LogP) is 3.22. The molecule has 0 aliphatic carbocycles. The SMILES string of the molecule is CC(C)(CN)c1nc(-c2ccc(F)cc2)cs1.[AlH3].[C-]#[N+]C(C)(C)c1nc(-c2ccc(F)cc2)cs1.[H-].[Li+]. The molecule has 4 rings (SSSR count). The number of rotatable bonds is 5. The molecule has 0 aliphatic rings. The fraction of sp³-hybridized carbons (Fsp3) is 0.269. The monoisotopic (exact) mass is 534 g/mol. The van der Waals surface area contributed by atoms with Gasteiger partial charge in [-0.25, -0.2) is 25.3 Å². The Bertz CT molecular complexity index is 1290. The molecule has 0 amide bonds. The fourth-order valence-corrected chi connectivity index (χ4v) is 4.64. The number of hydrogen-bond acceptors (Lipinski definition) is 5. The zero-order chi connectivity index (χ0) is 24.9. The Morgan fingerprint density at radius 1 is 0.833 bits per heavy atom. The molecular formula is C26H30AlF2LiN4S2. The molecule has 4 aromatic rings. The molecule has 0 aliphatic heterocycles. The number of halogens is 2. The van der Waals surface area contributed by atoms with E-state index in [0.29, 0.717) is 6.54 Å². The summed E-state index contributed by atoms with van der Waals surface area (Å²) < 4.78 is 25.6. The standard InChI is InChI=1S/C13H11FN2S.C13H15FN2S.Al.Li.4H/c1-13(2,15-3)12-16-11(8-17-12)9-4-6-10(14)7-5-9;1-13(2,8-15)12-16-11(7-17-12)9-3-5-10(14)6-4-9;;;;;;/h4-8H,1-2H3;3-7H,8,15H2,1-2H3;;;;;;/q;;;+1;;;;-1. The van der Waals surface area contributed by atoms with Crippen LogP contribution >= 0.6 is 22.7 Å². The van der Waals surface area contributed by atoms with Crippen LogP contribution in [0, 0.1) is 18.2 Å². The first kappa shape index (κ1) is 32.2. The van der Waals surface area contributed by atoms with Gasteiger partial charge in [0.15, 0.2) is 22.4 Å². The van der Waals surface area contributed by atoms with Crippen molar-refractivity contribution in [2.75, 3.05) is 6.54 Å². The normalized spacial score (nSPS) is 10.8. The summed E-state index contributed by atoms with van der Waals surface area (Å²) in [6.07, 6.45) is 0. The van der Waals surface area contributed by atoms with Crippen LogP contribution in [0.1, 0.15) is 39.1 Å². The van der Waals surface area contributed by atoms with Crippen LogP contribution in [-0.4, -0.2) is 33.9 Å². The maximum absolute atomic E-state index is 12.8. The van der Waals surface area contributed by atoms with E-state index in [2.05, 4.69) is 28.7 Å². The van der Waals surface area contributed by atoms with Crippen molar-refractivity contribution in [3.8, 4) is 22.5 Å². The van der Waals surface area contributed by atoms with Gasteiger partial charge in [-0.2, -0.15) is 0 Å². The van der Waals surface area contributed by atoms with Gasteiger partial charge in [0.1, 0.15) is 16.6 Å². The predicted molar refractivity (Wildman–Crippen MR) is 148 cm³/mol. The smallest absolute Gasteiger partial charge is 1.00 e. The van der Waals surface area contributed by atoms with Gasteiger partial charge in [0.25, 0.3) is 5.54 Å². The number of thiazole rings is 2. The molecule has 0 bridgehead atoms. The number of nitrogens with zero attached hydrogens (tertiary/aromatic N) is 3. The maximum atomic E-state index is 12.8.